The van der Waals surface area contributed by atoms with Crippen LogP contribution in [-0.4, -0.2) is 45.5 Å². The maximum Gasteiger partial charge on any atom is 0.308 e. The zero-order valence-corrected chi connectivity index (χ0v) is 13.9. The number of carboxylic acids is 1. The lowest BCUT2D eigenvalue weighted by Gasteiger charge is -2.27. The summed E-state index contributed by atoms with van der Waals surface area (Å²) in [6, 6.07) is 7.82. The Morgan fingerprint density at radius 2 is 1.96 bits per heavy atom. The van der Waals surface area contributed by atoms with Gasteiger partial charge in [-0.1, -0.05) is 30.3 Å². The molecule has 0 radical (unpaired) electrons. The molecule has 124 valence electrons. The minimum Gasteiger partial charge on any atom is -0.481 e. The van der Waals surface area contributed by atoms with E-state index in [0.29, 0.717) is 11.6 Å². The van der Waals surface area contributed by atoms with Crippen molar-refractivity contribution in [1.29, 1.82) is 0 Å². The Hall–Kier alpha value is -2.02. The number of carbonyl (C=O) groups is 3. The summed E-state index contributed by atoms with van der Waals surface area (Å²) < 4.78 is 0. The van der Waals surface area contributed by atoms with E-state index in [-0.39, 0.29) is 11.8 Å². The molecule has 0 saturated carbocycles. The molecule has 1 saturated heterocycles. The molecule has 3 atom stereocenters. The topological polar surface area (TPSA) is 86.7 Å². The van der Waals surface area contributed by atoms with Crippen LogP contribution in [0.5, 0.6) is 0 Å². The summed E-state index contributed by atoms with van der Waals surface area (Å²) in [5.74, 6) is -1.22. The summed E-state index contributed by atoms with van der Waals surface area (Å²) in [6.07, 6.45) is 0. The van der Waals surface area contributed by atoms with E-state index in [1.165, 1.54) is 23.6 Å². The summed E-state index contributed by atoms with van der Waals surface area (Å²) in [5, 5.41) is 12.1. The minimum atomic E-state index is -0.983. The van der Waals surface area contributed by atoms with Crippen LogP contribution in [0.3, 0.4) is 0 Å². The summed E-state index contributed by atoms with van der Waals surface area (Å²) in [5.41, 5.74) is 0.732. The number of hydrogen-bond donors (Lipinski definition) is 2. The number of carbonyl (C=O) groups excluding carboxylic acids is 2. The molecule has 6 nitrogen and oxygen atoms in total. The largest absolute Gasteiger partial charge is 0.481 e. The summed E-state index contributed by atoms with van der Waals surface area (Å²) in [4.78, 5) is 37.0. The predicted octanol–water partition coefficient (Wildman–Crippen LogP) is 1.49. The Bertz CT molecular complexity index is 593. The molecular formula is C16H20N2O4S. The highest BCUT2D eigenvalue weighted by Crippen LogP contribution is 2.25. The summed E-state index contributed by atoms with van der Waals surface area (Å²) >= 11 is 1.51. The van der Waals surface area contributed by atoms with Crippen LogP contribution in [0.25, 0.3) is 0 Å². The van der Waals surface area contributed by atoms with Gasteiger partial charge in [0.1, 0.15) is 6.04 Å². The number of hydrogen-bond acceptors (Lipinski definition) is 4. The molecule has 7 heteroatoms. The Morgan fingerprint density at radius 1 is 1.30 bits per heavy atom. The van der Waals surface area contributed by atoms with E-state index >= 15 is 0 Å². The second-order valence-electron chi connectivity index (χ2n) is 5.53. The van der Waals surface area contributed by atoms with Gasteiger partial charge in [-0.05, 0) is 12.5 Å². The van der Waals surface area contributed by atoms with Crippen molar-refractivity contribution in [3.05, 3.63) is 35.9 Å². The van der Waals surface area contributed by atoms with Crippen molar-refractivity contribution in [2.45, 2.75) is 25.9 Å². The molecule has 1 heterocycles. The molecule has 2 amide bonds. The van der Waals surface area contributed by atoms with Crippen LogP contribution in [0.2, 0.25) is 0 Å². The fourth-order valence-electron chi connectivity index (χ4n) is 2.52. The van der Waals surface area contributed by atoms with Crippen LogP contribution in [0.1, 0.15) is 25.5 Å². The van der Waals surface area contributed by atoms with Gasteiger partial charge in [-0.25, -0.2) is 0 Å². The lowest BCUT2D eigenvalue weighted by molar-refractivity contribution is -0.143. The third kappa shape index (κ3) is 4.04. The lowest BCUT2D eigenvalue weighted by atomic mass is 9.94. The molecule has 1 aromatic rings. The van der Waals surface area contributed by atoms with Crippen LogP contribution >= 0.6 is 11.8 Å². The van der Waals surface area contributed by atoms with Crippen LogP contribution in [-0.2, 0) is 14.4 Å². The molecule has 1 aliphatic heterocycles. The zero-order chi connectivity index (χ0) is 17.0. The van der Waals surface area contributed by atoms with Gasteiger partial charge in [0.15, 0.2) is 0 Å². The van der Waals surface area contributed by atoms with Gasteiger partial charge in [0, 0.05) is 12.7 Å². The van der Waals surface area contributed by atoms with Crippen LogP contribution in [0.15, 0.2) is 30.3 Å². The van der Waals surface area contributed by atoms with Gasteiger partial charge >= 0.3 is 5.97 Å². The maximum absolute atomic E-state index is 12.6. The summed E-state index contributed by atoms with van der Waals surface area (Å²) in [6.45, 7) is 2.99. The fourth-order valence-corrected chi connectivity index (χ4v) is 3.74. The second-order valence-corrected chi connectivity index (χ2v) is 6.53. The van der Waals surface area contributed by atoms with E-state index in [4.69, 9.17) is 0 Å². The predicted molar refractivity (Wildman–Crippen MR) is 87.8 cm³/mol. The second kappa shape index (κ2) is 7.50. The molecule has 0 bridgehead atoms. The molecule has 1 aromatic carbocycles. The van der Waals surface area contributed by atoms with Crippen molar-refractivity contribution in [3.63, 3.8) is 0 Å². The van der Waals surface area contributed by atoms with Crippen LogP contribution in [0.4, 0.5) is 0 Å². The molecule has 23 heavy (non-hydrogen) atoms. The van der Waals surface area contributed by atoms with Crippen molar-refractivity contribution >= 4 is 29.5 Å². The first kappa shape index (κ1) is 17.3. The summed E-state index contributed by atoms with van der Waals surface area (Å²) in [7, 11) is 0. The Kier molecular flexibility index (Phi) is 5.65. The van der Waals surface area contributed by atoms with Crippen molar-refractivity contribution < 1.29 is 19.5 Å². The monoisotopic (exact) mass is 336 g/mol. The average Bonchev–Trinajstić information content (AvgIpc) is 3.02. The lowest BCUT2D eigenvalue weighted by Crippen LogP contribution is -2.48. The van der Waals surface area contributed by atoms with Crippen LogP contribution < -0.4 is 5.32 Å². The quantitative estimate of drug-likeness (QED) is 0.851. The molecule has 0 aromatic heterocycles. The fraction of sp³-hybridized carbons (Fsp3) is 0.438. The van der Waals surface area contributed by atoms with Crippen molar-refractivity contribution in [2.24, 2.45) is 5.92 Å². The first-order valence-electron chi connectivity index (χ1n) is 7.35. The van der Waals surface area contributed by atoms with E-state index in [1.807, 2.05) is 6.07 Å². The van der Waals surface area contributed by atoms with Crippen LogP contribution in [0, 0.1) is 5.92 Å². The highest BCUT2D eigenvalue weighted by atomic mass is 32.2. The first-order chi connectivity index (χ1) is 10.9. The molecule has 0 unspecified atom stereocenters. The van der Waals surface area contributed by atoms with E-state index in [1.54, 1.807) is 31.2 Å². The number of thioether (sulfide) groups is 1. The first-order valence-corrected chi connectivity index (χ1v) is 8.50. The smallest absolute Gasteiger partial charge is 0.308 e. The van der Waals surface area contributed by atoms with Gasteiger partial charge in [0.25, 0.3) is 0 Å². The highest BCUT2D eigenvalue weighted by Gasteiger charge is 2.35. The number of carboxylic acid groups (broad SMARTS) is 1. The minimum absolute atomic E-state index is 0.155. The zero-order valence-electron chi connectivity index (χ0n) is 13.1. The number of nitrogens with zero attached hydrogens (tertiary/aromatic N) is 1. The van der Waals surface area contributed by atoms with E-state index in [2.05, 4.69) is 5.32 Å². The SMILES string of the molecule is CC(=O)N1CSC[C@@H]1C(=O)N[C@H](c1ccccc1)[C@H](C)C(=O)O. The number of benzene rings is 1. The van der Waals surface area contributed by atoms with E-state index in [9.17, 15) is 19.5 Å². The molecule has 1 aliphatic rings. The Morgan fingerprint density at radius 3 is 2.52 bits per heavy atom. The molecule has 0 spiro atoms. The number of amides is 2. The average molecular weight is 336 g/mol. The maximum atomic E-state index is 12.6. The van der Waals surface area contributed by atoms with Gasteiger partial charge in [-0.3, -0.25) is 14.4 Å². The van der Waals surface area contributed by atoms with Gasteiger partial charge in [0.05, 0.1) is 17.8 Å². The normalized spacial score (nSPS) is 19.9. The van der Waals surface area contributed by atoms with Crippen molar-refractivity contribution in [1.82, 2.24) is 10.2 Å². The Labute approximate surface area is 139 Å². The van der Waals surface area contributed by atoms with E-state index < -0.39 is 24.0 Å². The molecule has 2 rings (SSSR count). The third-order valence-electron chi connectivity index (χ3n) is 3.94. The highest BCUT2D eigenvalue weighted by molar-refractivity contribution is 7.99. The van der Waals surface area contributed by atoms with Gasteiger partial charge in [0.2, 0.25) is 11.8 Å². The van der Waals surface area contributed by atoms with Gasteiger partial charge in [-0.2, -0.15) is 0 Å². The molecular weight excluding hydrogens is 316 g/mol. The Balaban J connectivity index is 2.19. The number of nitrogens with one attached hydrogen (secondary N) is 1. The van der Waals surface area contributed by atoms with Gasteiger partial charge in [-0.15, -0.1) is 11.8 Å². The van der Waals surface area contributed by atoms with Crippen molar-refractivity contribution in [3.8, 4) is 0 Å². The molecule has 0 aliphatic carbocycles. The number of rotatable bonds is 5. The third-order valence-corrected chi connectivity index (χ3v) is 4.95. The van der Waals surface area contributed by atoms with Gasteiger partial charge < -0.3 is 15.3 Å². The molecule has 2 N–H and O–H groups in total. The standard InChI is InChI=1S/C16H20N2O4S/c1-10(16(21)22)14(12-6-4-3-5-7-12)17-15(20)13-8-23-9-18(13)11(2)19/h3-7,10,13-14H,8-9H2,1-2H3,(H,17,20)(H,21,22)/t10-,13+,14-/m0/s1. The number of aliphatic carboxylic acids is 1. The van der Waals surface area contributed by atoms with E-state index in [0.717, 1.165) is 5.56 Å². The van der Waals surface area contributed by atoms with Crippen molar-refractivity contribution in [2.75, 3.05) is 11.6 Å². The molecule has 1 fully saturated rings.